The highest BCUT2D eigenvalue weighted by atomic mass is 15.1. The maximum atomic E-state index is 5.66. The van der Waals surface area contributed by atoms with E-state index in [2.05, 4.69) is 11.9 Å². The predicted octanol–water partition coefficient (Wildman–Crippen LogP) is 0.677. The Labute approximate surface area is 68.7 Å². The molecule has 0 aromatic heterocycles. The van der Waals surface area contributed by atoms with Crippen LogP contribution in [0.1, 0.15) is 19.3 Å². The molecule has 1 atom stereocenters. The van der Waals surface area contributed by atoms with Crippen LogP contribution in [0.2, 0.25) is 0 Å². The predicted molar refractivity (Wildman–Crippen MR) is 46.3 cm³/mol. The van der Waals surface area contributed by atoms with Crippen LogP contribution in [0.15, 0.2) is 0 Å². The van der Waals surface area contributed by atoms with Crippen LogP contribution < -0.4 is 5.73 Å². The van der Waals surface area contributed by atoms with Gasteiger partial charge in [0, 0.05) is 0 Å². The van der Waals surface area contributed by atoms with E-state index >= 15 is 0 Å². The summed E-state index contributed by atoms with van der Waals surface area (Å²) < 4.78 is 0. The van der Waals surface area contributed by atoms with Gasteiger partial charge in [0.25, 0.3) is 0 Å². The van der Waals surface area contributed by atoms with Crippen molar-refractivity contribution in [3.05, 3.63) is 0 Å². The van der Waals surface area contributed by atoms with Gasteiger partial charge >= 0.3 is 0 Å². The summed E-state index contributed by atoms with van der Waals surface area (Å²) in [6.45, 7) is 3.50. The highest BCUT2D eigenvalue weighted by molar-refractivity contribution is 5.04. The van der Waals surface area contributed by atoms with Crippen molar-refractivity contribution in [2.24, 2.45) is 17.1 Å². The molecule has 0 aromatic rings. The number of hydrogen-bond acceptors (Lipinski definition) is 2. The summed E-state index contributed by atoms with van der Waals surface area (Å²) in [6.07, 6.45) is 4.20. The van der Waals surface area contributed by atoms with Gasteiger partial charge in [0.1, 0.15) is 0 Å². The Kier molecular flexibility index (Phi) is 1.69. The standard InChI is InChI=1S/C9H18N2/c1-11-4-2-9(3-5-11)6-8(9)7-10/h8H,2-7,10H2,1H3. The molecule has 0 amide bonds. The van der Waals surface area contributed by atoms with Crippen molar-refractivity contribution in [3.8, 4) is 0 Å². The second-order valence-corrected chi connectivity index (χ2v) is 4.30. The van der Waals surface area contributed by atoms with Gasteiger partial charge in [0.05, 0.1) is 0 Å². The van der Waals surface area contributed by atoms with E-state index in [0.29, 0.717) is 5.41 Å². The van der Waals surface area contributed by atoms with Crippen LogP contribution in [0.4, 0.5) is 0 Å². The Bertz CT molecular complexity index is 148. The third kappa shape index (κ3) is 1.18. The molecule has 1 saturated heterocycles. The van der Waals surface area contributed by atoms with Crippen LogP contribution in [-0.2, 0) is 0 Å². The van der Waals surface area contributed by atoms with Crippen LogP contribution in [0.25, 0.3) is 0 Å². The summed E-state index contributed by atoms with van der Waals surface area (Å²) in [7, 11) is 2.21. The van der Waals surface area contributed by atoms with Gasteiger partial charge in [-0.05, 0) is 57.3 Å². The first-order chi connectivity index (χ1) is 5.27. The average molecular weight is 154 g/mol. The smallest absolute Gasteiger partial charge is 0.00164 e. The lowest BCUT2D eigenvalue weighted by atomic mass is 9.91. The fourth-order valence-corrected chi connectivity index (χ4v) is 2.44. The second-order valence-electron chi connectivity index (χ2n) is 4.30. The van der Waals surface area contributed by atoms with E-state index < -0.39 is 0 Å². The summed E-state index contributed by atoms with van der Waals surface area (Å²) in [4.78, 5) is 2.43. The molecule has 2 rings (SSSR count). The monoisotopic (exact) mass is 154 g/mol. The molecule has 1 aliphatic heterocycles. The van der Waals surface area contributed by atoms with Crippen LogP contribution in [0.3, 0.4) is 0 Å². The van der Waals surface area contributed by atoms with Gasteiger partial charge < -0.3 is 10.6 Å². The molecule has 1 spiro atoms. The largest absolute Gasteiger partial charge is 0.330 e. The molecule has 64 valence electrons. The third-order valence-electron chi connectivity index (χ3n) is 3.63. The molecule has 1 saturated carbocycles. The van der Waals surface area contributed by atoms with Crippen molar-refractivity contribution >= 4 is 0 Å². The first-order valence-electron chi connectivity index (χ1n) is 4.65. The lowest BCUT2D eigenvalue weighted by Gasteiger charge is -2.29. The number of likely N-dealkylation sites (tertiary alicyclic amines) is 1. The van der Waals surface area contributed by atoms with Gasteiger partial charge in [-0.2, -0.15) is 0 Å². The molecule has 2 heteroatoms. The summed E-state index contributed by atoms with van der Waals surface area (Å²) in [6, 6.07) is 0. The number of piperidine rings is 1. The molecule has 2 N–H and O–H groups in total. The fourth-order valence-electron chi connectivity index (χ4n) is 2.44. The van der Waals surface area contributed by atoms with Gasteiger partial charge in [0.2, 0.25) is 0 Å². The van der Waals surface area contributed by atoms with Gasteiger partial charge in [-0.15, -0.1) is 0 Å². The third-order valence-corrected chi connectivity index (χ3v) is 3.63. The topological polar surface area (TPSA) is 29.3 Å². The van der Waals surface area contributed by atoms with Crippen molar-refractivity contribution in [3.63, 3.8) is 0 Å². The summed E-state index contributed by atoms with van der Waals surface area (Å²) in [5, 5.41) is 0. The van der Waals surface area contributed by atoms with Crippen LogP contribution in [0.5, 0.6) is 0 Å². The summed E-state index contributed by atoms with van der Waals surface area (Å²) in [5.41, 5.74) is 6.37. The van der Waals surface area contributed by atoms with E-state index in [0.717, 1.165) is 12.5 Å². The number of rotatable bonds is 1. The maximum Gasteiger partial charge on any atom is -0.00164 e. The van der Waals surface area contributed by atoms with Crippen molar-refractivity contribution in [1.82, 2.24) is 4.90 Å². The van der Waals surface area contributed by atoms with Crippen molar-refractivity contribution < 1.29 is 0 Å². The first kappa shape index (κ1) is 7.56. The molecule has 0 bridgehead atoms. The fraction of sp³-hybridized carbons (Fsp3) is 1.00. The van der Waals surface area contributed by atoms with E-state index in [-0.39, 0.29) is 0 Å². The Morgan fingerprint density at radius 2 is 2.09 bits per heavy atom. The SMILES string of the molecule is CN1CCC2(CC1)CC2CN. The van der Waals surface area contributed by atoms with Crippen LogP contribution in [-0.4, -0.2) is 31.6 Å². The Morgan fingerprint density at radius 3 is 2.55 bits per heavy atom. The molecule has 2 fully saturated rings. The first-order valence-corrected chi connectivity index (χ1v) is 4.65. The quantitative estimate of drug-likeness (QED) is 0.601. The number of nitrogens with two attached hydrogens (primary N) is 1. The minimum absolute atomic E-state index is 0.710. The maximum absolute atomic E-state index is 5.66. The van der Waals surface area contributed by atoms with E-state index in [9.17, 15) is 0 Å². The van der Waals surface area contributed by atoms with Crippen molar-refractivity contribution in [1.29, 1.82) is 0 Å². The Hall–Kier alpha value is -0.0800. The van der Waals surface area contributed by atoms with Gasteiger partial charge in [-0.1, -0.05) is 0 Å². The second kappa shape index (κ2) is 2.46. The van der Waals surface area contributed by atoms with Crippen molar-refractivity contribution in [2.75, 3.05) is 26.7 Å². The Morgan fingerprint density at radius 1 is 1.45 bits per heavy atom. The number of hydrogen-bond donors (Lipinski definition) is 1. The zero-order valence-corrected chi connectivity index (χ0v) is 7.34. The van der Waals surface area contributed by atoms with E-state index in [1.165, 1.54) is 32.4 Å². The zero-order valence-electron chi connectivity index (χ0n) is 7.34. The number of nitrogens with zero attached hydrogens (tertiary/aromatic N) is 1. The van der Waals surface area contributed by atoms with E-state index in [1.54, 1.807) is 0 Å². The van der Waals surface area contributed by atoms with Crippen LogP contribution in [0, 0.1) is 11.3 Å². The summed E-state index contributed by atoms with van der Waals surface area (Å²) >= 11 is 0. The Balaban J connectivity index is 1.89. The van der Waals surface area contributed by atoms with E-state index in [4.69, 9.17) is 5.73 Å². The van der Waals surface area contributed by atoms with Gasteiger partial charge in [-0.3, -0.25) is 0 Å². The lowest BCUT2D eigenvalue weighted by molar-refractivity contribution is 0.194. The molecular weight excluding hydrogens is 136 g/mol. The van der Waals surface area contributed by atoms with E-state index in [1.807, 2.05) is 0 Å². The normalized spacial score (nSPS) is 36.0. The minimum Gasteiger partial charge on any atom is -0.330 e. The minimum atomic E-state index is 0.710. The summed E-state index contributed by atoms with van der Waals surface area (Å²) in [5.74, 6) is 0.871. The molecule has 0 aromatic carbocycles. The molecular formula is C9H18N2. The lowest BCUT2D eigenvalue weighted by Crippen LogP contribution is -2.32. The molecule has 1 aliphatic carbocycles. The highest BCUT2D eigenvalue weighted by Crippen LogP contribution is 2.58. The molecule has 1 unspecified atom stereocenters. The molecule has 1 heterocycles. The van der Waals surface area contributed by atoms with Gasteiger partial charge in [-0.25, -0.2) is 0 Å². The molecule has 11 heavy (non-hydrogen) atoms. The molecule has 2 aliphatic rings. The van der Waals surface area contributed by atoms with Crippen molar-refractivity contribution in [2.45, 2.75) is 19.3 Å². The van der Waals surface area contributed by atoms with Gasteiger partial charge in [0.15, 0.2) is 0 Å². The molecule has 0 radical (unpaired) electrons. The zero-order chi connectivity index (χ0) is 7.90. The van der Waals surface area contributed by atoms with Crippen LogP contribution >= 0.6 is 0 Å². The molecule has 2 nitrogen and oxygen atoms in total. The highest BCUT2D eigenvalue weighted by Gasteiger charge is 2.53. The average Bonchev–Trinajstić information content (AvgIpc) is 2.71.